The number of nitrogen functional groups attached to an aromatic ring is 1. The number of carbonyl (C=O) groups is 1. The van der Waals surface area contributed by atoms with Gasteiger partial charge in [0.2, 0.25) is 11.5 Å². The molecule has 0 fully saturated rings. The Hall–Kier alpha value is -2.77. The van der Waals surface area contributed by atoms with Crippen molar-refractivity contribution in [2.45, 2.75) is 0 Å². The van der Waals surface area contributed by atoms with Crippen LogP contribution < -0.4 is 15.8 Å². The van der Waals surface area contributed by atoms with Crippen LogP contribution in [0.4, 0.5) is 11.5 Å². The van der Waals surface area contributed by atoms with Crippen molar-refractivity contribution in [3.63, 3.8) is 0 Å². The van der Waals surface area contributed by atoms with E-state index in [-0.39, 0.29) is 17.3 Å². The van der Waals surface area contributed by atoms with Crippen LogP contribution in [0.25, 0.3) is 0 Å². The second-order valence-electron chi connectivity index (χ2n) is 3.34. The monoisotopic (exact) mass is 250 g/mol. The largest absolute Gasteiger partial charge is 0.504 e. The van der Waals surface area contributed by atoms with Gasteiger partial charge in [-0.15, -0.1) is 0 Å². The molecule has 0 saturated heterocycles. The van der Waals surface area contributed by atoms with Crippen LogP contribution in [0.3, 0.4) is 0 Å². The normalized spacial score (nSPS) is 10.1. The molecule has 1 aromatic carbocycles. The van der Waals surface area contributed by atoms with Crippen molar-refractivity contribution in [3.8, 4) is 11.5 Å². The maximum absolute atomic E-state index is 11.7. The van der Waals surface area contributed by atoms with E-state index in [1.165, 1.54) is 19.2 Å². The van der Waals surface area contributed by atoms with Gasteiger partial charge in [-0.2, -0.15) is 0 Å². The summed E-state index contributed by atoms with van der Waals surface area (Å²) in [4.78, 5) is 11.7. The molecule has 0 atom stereocenters. The minimum absolute atomic E-state index is 0.0958. The fraction of sp³-hybridized carbons (Fsp3) is 0.100. The van der Waals surface area contributed by atoms with E-state index in [0.29, 0.717) is 11.4 Å². The van der Waals surface area contributed by atoms with Crippen molar-refractivity contribution in [3.05, 3.63) is 23.9 Å². The summed E-state index contributed by atoms with van der Waals surface area (Å²) < 4.78 is 9.19. The first kappa shape index (κ1) is 11.7. The number of rotatable bonds is 3. The Balaban J connectivity index is 2.17. The maximum atomic E-state index is 11.7. The molecule has 1 amide bonds. The molecule has 0 aliphatic carbocycles. The predicted molar refractivity (Wildman–Crippen MR) is 61.3 cm³/mol. The minimum atomic E-state index is -0.585. The third-order valence-electron chi connectivity index (χ3n) is 2.17. The number of aromatic hydroxyl groups is 1. The van der Waals surface area contributed by atoms with E-state index in [9.17, 15) is 9.90 Å². The number of nitrogens with two attached hydrogens (primary N) is 1. The second-order valence-corrected chi connectivity index (χ2v) is 3.34. The summed E-state index contributed by atoms with van der Waals surface area (Å²) in [5, 5.41) is 18.7. The SMILES string of the molecule is COc1ccc(NC(=O)c2nonc2N)cc1O. The molecule has 2 aromatic rings. The van der Waals surface area contributed by atoms with Crippen LogP contribution in [0.15, 0.2) is 22.8 Å². The Bertz CT molecular complexity index is 581. The summed E-state index contributed by atoms with van der Waals surface area (Å²) in [5.41, 5.74) is 5.61. The van der Waals surface area contributed by atoms with Crippen LogP contribution in [-0.2, 0) is 0 Å². The number of nitrogens with one attached hydrogen (secondary N) is 1. The highest BCUT2D eigenvalue weighted by Crippen LogP contribution is 2.28. The standard InChI is InChI=1S/C10H10N4O4/c1-17-7-3-2-5(4-6(7)15)12-10(16)8-9(11)14-18-13-8/h2-4,15H,1H3,(H2,11,14)(H,12,16). The van der Waals surface area contributed by atoms with Crippen LogP contribution in [0, 0.1) is 0 Å². The molecule has 0 bridgehead atoms. The first-order valence-electron chi connectivity index (χ1n) is 4.88. The Morgan fingerprint density at radius 1 is 1.50 bits per heavy atom. The molecule has 0 unspecified atom stereocenters. The van der Waals surface area contributed by atoms with Gasteiger partial charge in [0.15, 0.2) is 11.5 Å². The highest BCUT2D eigenvalue weighted by molar-refractivity contribution is 6.05. The van der Waals surface area contributed by atoms with E-state index in [2.05, 4.69) is 20.3 Å². The Morgan fingerprint density at radius 3 is 2.83 bits per heavy atom. The van der Waals surface area contributed by atoms with Gasteiger partial charge in [-0.1, -0.05) is 0 Å². The van der Waals surface area contributed by atoms with E-state index < -0.39 is 5.91 Å². The van der Waals surface area contributed by atoms with Crippen LogP contribution in [0.2, 0.25) is 0 Å². The van der Waals surface area contributed by atoms with Crippen LogP contribution >= 0.6 is 0 Å². The number of carbonyl (C=O) groups excluding carboxylic acids is 1. The van der Waals surface area contributed by atoms with Crippen molar-refractivity contribution in [1.82, 2.24) is 10.3 Å². The first-order chi connectivity index (χ1) is 8.61. The van der Waals surface area contributed by atoms with Gasteiger partial charge < -0.3 is 20.9 Å². The molecule has 0 radical (unpaired) electrons. The van der Waals surface area contributed by atoms with Gasteiger partial charge in [0.25, 0.3) is 5.91 Å². The van der Waals surface area contributed by atoms with Gasteiger partial charge in [-0.25, -0.2) is 4.63 Å². The lowest BCUT2D eigenvalue weighted by Gasteiger charge is -2.06. The first-order valence-corrected chi connectivity index (χ1v) is 4.88. The quantitative estimate of drug-likeness (QED) is 0.729. The molecule has 94 valence electrons. The van der Waals surface area contributed by atoms with Crippen LogP contribution in [0.5, 0.6) is 11.5 Å². The molecular formula is C10H10N4O4. The molecule has 0 aliphatic rings. The molecule has 4 N–H and O–H groups in total. The summed E-state index contributed by atoms with van der Waals surface area (Å²) in [5.74, 6) is -0.485. The Morgan fingerprint density at radius 2 is 2.28 bits per heavy atom. The van der Waals surface area contributed by atoms with Crippen LogP contribution in [-0.4, -0.2) is 28.4 Å². The number of phenols is 1. The predicted octanol–water partition coefficient (Wildman–Crippen LogP) is 0.618. The van der Waals surface area contributed by atoms with E-state index in [4.69, 9.17) is 10.5 Å². The smallest absolute Gasteiger partial charge is 0.281 e. The molecule has 0 aliphatic heterocycles. The fourth-order valence-electron chi connectivity index (χ4n) is 1.31. The third-order valence-corrected chi connectivity index (χ3v) is 2.17. The highest BCUT2D eigenvalue weighted by atomic mass is 16.6. The molecular weight excluding hydrogens is 240 g/mol. The molecule has 0 spiro atoms. The zero-order valence-corrected chi connectivity index (χ0v) is 9.38. The van der Waals surface area contributed by atoms with Gasteiger partial charge in [-0.3, -0.25) is 4.79 Å². The number of benzene rings is 1. The molecule has 2 rings (SSSR count). The molecule has 8 heteroatoms. The van der Waals surface area contributed by atoms with Crippen molar-refractivity contribution in [2.24, 2.45) is 0 Å². The van der Waals surface area contributed by atoms with Gasteiger partial charge in [0, 0.05) is 11.8 Å². The lowest BCUT2D eigenvalue weighted by molar-refractivity contribution is 0.101. The molecule has 8 nitrogen and oxygen atoms in total. The van der Waals surface area contributed by atoms with Crippen molar-refractivity contribution < 1.29 is 19.3 Å². The number of anilines is 2. The number of aromatic nitrogens is 2. The summed E-state index contributed by atoms with van der Waals surface area (Å²) in [6.45, 7) is 0. The van der Waals surface area contributed by atoms with Gasteiger partial charge >= 0.3 is 0 Å². The summed E-state index contributed by atoms with van der Waals surface area (Å²) in [7, 11) is 1.43. The Kier molecular flexibility index (Phi) is 3.00. The lowest BCUT2D eigenvalue weighted by atomic mass is 10.2. The lowest BCUT2D eigenvalue weighted by Crippen LogP contribution is -2.14. The van der Waals surface area contributed by atoms with E-state index >= 15 is 0 Å². The number of ether oxygens (including phenoxy) is 1. The molecule has 0 saturated carbocycles. The molecule has 1 aromatic heterocycles. The maximum Gasteiger partial charge on any atom is 0.281 e. The van der Waals surface area contributed by atoms with Crippen molar-refractivity contribution in [2.75, 3.05) is 18.2 Å². The average Bonchev–Trinajstić information content (AvgIpc) is 2.76. The summed E-state index contributed by atoms with van der Waals surface area (Å²) in [6.07, 6.45) is 0. The number of hydrogen-bond acceptors (Lipinski definition) is 7. The van der Waals surface area contributed by atoms with Crippen LogP contribution in [0.1, 0.15) is 10.5 Å². The topological polar surface area (TPSA) is 124 Å². The zero-order valence-electron chi connectivity index (χ0n) is 9.38. The van der Waals surface area contributed by atoms with E-state index in [1.807, 2.05) is 0 Å². The number of amides is 1. The summed E-state index contributed by atoms with van der Waals surface area (Å²) in [6, 6.07) is 4.40. The van der Waals surface area contributed by atoms with E-state index in [1.54, 1.807) is 6.07 Å². The number of hydrogen-bond donors (Lipinski definition) is 3. The number of methoxy groups -OCH3 is 1. The Labute approximate surface area is 101 Å². The van der Waals surface area contributed by atoms with Gasteiger partial charge in [0.05, 0.1) is 7.11 Å². The highest BCUT2D eigenvalue weighted by Gasteiger charge is 2.16. The summed E-state index contributed by atoms with van der Waals surface area (Å²) >= 11 is 0. The fourth-order valence-corrected chi connectivity index (χ4v) is 1.31. The third kappa shape index (κ3) is 2.17. The average molecular weight is 250 g/mol. The van der Waals surface area contributed by atoms with Gasteiger partial charge in [0.1, 0.15) is 0 Å². The minimum Gasteiger partial charge on any atom is -0.504 e. The van der Waals surface area contributed by atoms with Gasteiger partial charge in [-0.05, 0) is 22.4 Å². The van der Waals surface area contributed by atoms with Crippen molar-refractivity contribution >= 4 is 17.4 Å². The van der Waals surface area contributed by atoms with Crippen molar-refractivity contribution in [1.29, 1.82) is 0 Å². The molecule has 18 heavy (non-hydrogen) atoms. The second kappa shape index (κ2) is 4.62. The number of phenolic OH excluding ortho intramolecular Hbond substituents is 1. The molecule has 1 heterocycles. The van der Waals surface area contributed by atoms with E-state index in [0.717, 1.165) is 0 Å². The number of nitrogens with zero attached hydrogens (tertiary/aromatic N) is 2. The zero-order chi connectivity index (χ0) is 13.1.